The Morgan fingerprint density at radius 1 is 0.950 bits per heavy atom. The van der Waals surface area contributed by atoms with Gasteiger partial charge in [0.25, 0.3) is 5.91 Å². The SMILES string of the molecule is CN(C)CCCNC(=O)c1ccc(-c2cc(CC(=O)C3(c4ccc5c(c4)OCO5)CC3)cc(C(F)(F)F)c2)cc1.[HH]. The number of fused-ring (bicyclic) bond motifs is 1. The molecule has 0 saturated heterocycles. The second kappa shape index (κ2) is 11.0. The van der Waals surface area contributed by atoms with Gasteiger partial charge in [-0.25, -0.2) is 0 Å². The molecule has 0 unspecified atom stereocenters. The average Bonchev–Trinajstić information content (AvgIpc) is 3.61. The van der Waals surface area contributed by atoms with Crippen molar-refractivity contribution in [3.8, 4) is 22.6 Å². The number of hydrogen-bond acceptors (Lipinski definition) is 5. The van der Waals surface area contributed by atoms with Crippen LogP contribution in [0.2, 0.25) is 0 Å². The first-order valence-electron chi connectivity index (χ1n) is 13.2. The van der Waals surface area contributed by atoms with Gasteiger partial charge in [-0.05, 0) is 98.6 Å². The van der Waals surface area contributed by atoms with Crippen LogP contribution in [0.5, 0.6) is 11.5 Å². The van der Waals surface area contributed by atoms with E-state index in [2.05, 4.69) is 5.32 Å². The Morgan fingerprint density at radius 2 is 1.68 bits per heavy atom. The monoisotopic (exact) mass is 554 g/mol. The fourth-order valence-corrected chi connectivity index (χ4v) is 5.04. The van der Waals surface area contributed by atoms with Gasteiger partial charge >= 0.3 is 6.18 Å². The number of amides is 1. The van der Waals surface area contributed by atoms with Gasteiger partial charge in [-0.1, -0.05) is 24.3 Å². The average molecular weight is 555 g/mol. The zero-order valence-corrected chi connectivity index (χ0v) is 22.4. The highest BCUT2D eigenvalue weighted by molar-refractivity contribution is 5.95. The molecule has 0 aromatic heterocycles. The lowest BCUT2D eigenvalue weighted by atomic mass is 9.86. The van der Waals surface area contributed by atoms with Crippen LogP contribution in [0.15, 0.2) is 60.7 Å². The van der Waals surface area contributed by atoms with Crippen LogP contribution in [0, 0.1) is 0 Å². The fraction of sp³-hybridized carbons (Fsp3) is 0.355. The lowest BCUT2D eigenvalue weighted by Gasteiger charge is -2.17. The van der Waals surface area contributed by atoms with Crippen molar-refractivity contribution in [3.05, 3.63) is 82.9 Å². The van der Waals surface area contributed by atoms with E-state index in [1.807, 2.05) is 25.1 Å². The van der Waals surface area contributed by atoms with E-state index < -0.39 is 17.2 Å². The van der Waals surface area contributed by atoms with Crippen LogP contribution in [0.3, 0.4) is 0 Å². The molecule has 1 aliphatic carbocycles. The number of Topliss-reactive ketones (excluding diaryl/α,β-unsaturated/α-hetero) is 1. The number of halogens is 3. The Hall–Kier alpha value is -3.85. The molecule has 1 aliphatic heterocycles. The summed E-state index contributed by atoms with van der Waals surface area (Å²) in [5.41, 5.74) is 0.842. The molecule has 6 nitrogen and oxygen atoms in total. The summed E-state index contributed by atoms with van der Waals surface area (Å²) in [7, 11) is 3.91. The first-order valence-corrected chi connectivity index (χ1v) is 13.2. The summed E-state index contributed by atoms with van der Waals surface area (Å²) in [6, 6.07) is 15.6. The summed E-state index contributed by atoms with van der Waals surface area (Å²) in [5, 5.41) is 2.85. The van der Waals surface area contributed by atoms with Crippen LogP contribution in [0.4, 0.5) is 13.2 Å². The molecule has 1 saturated carbocycles. The maximum atomic E-state index is 13.8. The fourth-order valence-electron chi connectivity index (χ4n) is 5.04. The third-order valence-corrected chi connectivity index (χ3v) is 7.44. The normalized spacial score (nSPS) is 15.2. The predicted octanol–water partition coefficient (Wildman–Crippen LogP) is 5.87. The molecular formula is C31H33F3N2O4. The van der Waals surface area contributed by atoms with Crippen LogP contribution in [-0.2, 0) is 22.8 Å². The molecule has 5 rings (SSSR count). The first-order chi connectivity index (χ1) is 19.0. The zero-order chi connectivity index (χ0) is 28.5. The molecule has 0 atom stereocenters. The molecule has 9 heteroatoms. The van der Waals surface area contributed by atoms with Gasteiger partial charge in [-0.15, -0.1) is 0 Å². The van der Waals surface area contributed by atoms with Gasteiger partial charge in [-0.3, -0.25) is 9.59 Å². The summed E-state index contributed by atoms with van der Waals surface area (Å²) in [6.45, 7) is 1.49. The second-order valence-electron chi connectivity index (χ2n) is 10.7. The minimum Gasteiger partial charge on any atom is -0.454 e. The number of carbonyl (C=O) groups is 2. The summed E-state index contributed by atoms with van der Waals surface area (Å²) in [6.07, 6.45) is -2.63. The van der Waals surface area contributed by atoms with Crippen LogP contribution in [-0.4, -0.2) is 50.6 Å². The molecule has 1 heterocycles. The lowest BCUT2D eigenvalue weighted by molar-refractivity contribution is -0.137. The van der Waals surface area contributed by atoms with Crippen molar-refractivity contribution >= 4 is 11.7 Å². The number of ketones is 1. The van der Waals surface area contributed by atoms with Crippen molar-refractivity contribution in [2.45, 2.75) is 37.3 Å². The predicted molar refractivity (Wildman–Crippen MR) is 147 cm³/mol. The zero-order valence-electron chi connectivity index (χ0n) is 22.4. The van der Waals surface area contributed by atoms with Crippen molar-refractivity contribution in [2.75, 3.05) is 34.0 Å². The number of carbonyl (C=O) groups excluding carboxylic acids is 2. The van der Waals surface area contributed by atoms with Crippen LogP contribution < -0.4 is 14.8 Å². The maximum absolute atomic E-state index is 13.8. The van der Waals surface area contributed by atoms with Gasteiger partial charge in [0.15, 0.2) is 11.5 Å². The smallest absolute Gasteiger partial charge is 0.416 e. The number of nitrogens with one attached hydrogen (secondary N) is 1. The molecule has 2 aliphatic rings. The van der Waals surface area contributed by atoms with E-state index in [0.717, 1.165) is 30.7 Å². The molecule has 0 bridgehead atoms. The Kier molecular flexibility index (Phi) is 7.59. The van der Waals surface area contributed by atoms with Gasteiger partial charge < -0.3 is 19.7 Å². The molecule has 0 spiro atoms. The largest absolute Gasteiger partial charge is 0.454 e. The minimum absolute atomic E-state index is 0. The molecule has 3 aromatic rings. The summed E-state index contributed by atoms with van der Waals surface area (Å²) < 4.78 is 52.3. The number of nitrogens with zero attached hydrogens (tertiary/aromatic N) is 1. The number of hydrogen-bond donors (Lipinski definition) is 1. The van der Waals surface area contributed by atoms with E-state index >= 15 is 0 Å². The molecule has 3 aromatic carbocycles. The van der Waals surface area contributed by atoms with Crippen molar-refractivity contribution in [3.63, 3.8) is 0 Å². The minimum atomic E-state index is -4.57. The van der Waals surface area contributed by atoms with Crippen LogP contribution >= 0.6 is 0 Å². The van der Waals surface area contributed by atoms with Crippen molar-refractivity contribution in [1.82, 2.24) is 10.2 Å². The third-order valence-electron chi connectivity index (χ3n) is 7.44. The Bertz CT molecular complexity index is 1420. The molecular weight excluding hydrogens is 521 g/mol. The lowest BCUT2D eigenvalue weighted by Crippen LogP contribution is -2.27. The number of benzene rings is 3. The van der Waals surface area contributed by atoms with E-state index in [1.165, 1.54) is 0 Å². The summed E-state index contributed by atoms with van der Waals surface area (Å²) >= 11 is 0. The quantitative estimate of drug-likeness (QED) is 0.318. The highest BCUT2D eigenvalue weighted by atomic mass is 19.4. The highest BCUT2D eigenvalue weighted by Gasteiger charge is 2.51. The molecule has 212 valence electrons. The van der Waals surface area contributed by atoms with Crippen molar-refractivity contribution in [1.29, 1.82) is 0 Å². The van der Waals surface area contributed by atoms with E-state index in [0.29, 0.717) is 53.1 Å². The van der Waals surface area contributed by atoms with Gasteiger partial charge in [0, 0.05) is 20.0 Å². The second-order valence-corrected chi connectivity index (χ2v) is 10.7. The topological polar surface area (TPSA) is 67.9 Å². The standard InChI is InChI=1S/C31H31F3N2O4.H2/c1-36(2)13-3-12-35-29(38)22-6-4-21(5-7-22)23-14-20(15-25(17-23)31(32,33)34)16-28(37)30(10-11-30)24-8-9-26-27(18-24)40-19-39-26;/h4-9,14-15,17-18H,3,10-13,16,19H2,1-2H3,(H,35,38);1H. The van der Waals surface area contributed by atoms with E-state index in [-0.39, 0.29) is 26.3 Å². The van der Waals surface area contributed by atoms with Crippen LogP contribution in [0.25, 0.3) is 11.1 Å². The third kappa shape index (κ3) is 5.99. The van der Waals surface area contributed by atoms with Gasteiger partial charge in [0.05, 0.1) is 11.0 Å². The number of rotatable bonds is 10. The molecule has 1 fully saturated rings. The van der Waals surface area contributed by atoms with Crippen molar-refractivity contribution in [2.24, 2.45) is 0 Å². The molecule has 0 radical (unpaired) electrons. The number of ether oxygens (including phenoxy) is 2. The highest BCUT2D eigenvalue weighted by Crippen LogP contribution is 2.51. The Morgan fingerprint density at radius 3 is 2.35 bits per heavy atom. The number of alkyl halides is 3. The van der Waals surface area contributed by atoms with E-state index in [9.17, 15) is 22.8 Å². The maximum Gasteiger partial charge on any atom is 0.416 e. The first kappa shape index (κ1) is 27.7. The van der Waals surface area contributed by atoms with Crippen LogP contribution in [0.1, 0.15) is 47.7 Å². The molecule has 40 heavy (non-hydrogen) atoms. The van der Waals surface area contributed by atoms with E-state index in [4.69, 9.17) is 9.47 Å². The molecule has 1 N–H and O–H groups in total. The summed E-state index contributed by atoms with van der Waals surface area (Å²) in [4.78, 5) is 27.9. The molecule has 1 amide bonds. The van der Waals surface area contributed by atoms with Crippen molar-refractivity contribution < 1.29 is 33.7 Å². The van der Waals surface area contributed by atoms with Gasteiger partial charge in [0.1, 0.15) is 5.78 Å². The van der Waals surface area contributed by atoms with E-state index in [1.54, 1.807) is 42.5 Å². The van der Waals surface area contributed by atoms with Gasteiger partial charge in [0.2, 0.25) is 6.79 Å². The van der Waals surface area contributed by atoms with Gasteiger partial charge in [-0.2, -0.15) is 13.2 Å². The summed E-state index contributed by atoms with van der Waals surface area (Å²) in [5.74, 6) is 0.822. The Labute approximate surface area is 232 Å². The Balaban J connectivity index is 0.00000387.